The average molecular weight is 525 g/mol. The predicted molar refractivity (Wildman–Crippen MR) is 144 cm³/mol. The Hall–Kier alpha value is -2.72. The molecule has 36 heavy (non-hydrogen) atoms. The molecule has 10 heteroatoms. The first-order valence-corrected chi connectivity index (χ1v) is 13.4. The highest BCUT2D eigenvalue weighted by molar-refractivity contribution is 7.98. The molecule has 5 rings (SSSR count). The highest BCUT2D eigenvalue weighted by atomic mass is 35.5. The van der Waals surface area contributed by atoms with Gasteiger partial charge in [-0.25, -0.2) is 9.97 Å². The number of nitrogens with zero attached hydrogens (tertiary/aromatic N) is 5. The third kappa shape index (κ3) is 5.20. The number of fused-ring (bicyclic) bond motifs is 1. The molecule has 0 aliphatic carbocycles. The summed E-state index contributed by atoms with van der Waals surface area (Å²) in [6.07, 6.45) is 3.13. The van der Waals surface area contributed by atoms with Gasteiger partial charge in [-0.15, -0.1) is 0 Å². The number of thioether (sulfide) groups is 1. The van der Waals surface area contributed by atoms with E-state index in [9.17, 15) is 4.79 Å². The molecule has 3 aromatic heterocycles. The number of methoxy groups -OCH3 is 1. The second-order valence-electron chi connectivity index (χ2n) is 9.14. The van der Waals surface area contributed by atoms with Crippen LogP contribution in [-0.2, 0) is 5.75 Å². The van der Waals surface area contributed by atoms with Crippen LogP contribution in [0.1, 0.15) is 33.4 Å². The van der Waals surface area contributed by atoms with Gasteiger partial charge in [0.1, 0.15) is 16.7 Å². The molecular weight excluding hydrogens is 496 g/mol. The van der Waals surface area contributed by atoms with Crippen molar-refractivity contribution < 1.29 is 9.53 Å². The van der Waals surface area contributed by atoms with Crippen LogP contribution in [-0.4, -0.2) is 76.7 Å². The van der Waals surface area contributed by atoms with Gasteiger partial charge in [-0.05, 0) is 37.7 Å². The molecule has 0 saturated carbocycles. The number of piperazine rings is 1. The fraction of sp³-hybridized carbons (Fsp3) is 0.385. The zero-order valence-electron chi connectivity index (χ0n) is 20.6. The number of pyridine rings is 3. The Morgan fingerprint density at radius 1 is 1.14 bits per heavy atom. The lowest BCUT2D eigenvalue weighted by molar-refractivity contribution is 0.102. The maximum absolute atomic E-state index is 13.4. The Morgan fingerprint density at radius 3 is 2.72 bits per heavy atom. The molecule has 5 heterocycles. The third-order valence-electron chi connectivity index (χ3n) is 6.73. The minimum atomic E-state index is -0.293. The Balaban J connectivity index is 1.41. The number of nitrogens with one attached hydrogen (secondary N) is 1. The van der Waals surface area contributed by atoms with E-state index in [1.165, 1.54) is 5.56 Å². The number of carbonyl (C=O) groups excluding carboxylic acids is 1. The summed E-state index contributed by atoms with van der Waals surface area (Å²) in [5, 5.41) is 3.30. The second-order valence-corrected chi connectivity index (χ2v) is 10.6. The van der Waals surface area contributed by atoms with Crippen LogP contribution in [0.5, 0.6) is 5.75 Å². The average Bonchev–Trinajstić information content (AvgIpc) is 2.88. The number of hydrogen-bond acceptors (Lipinski definition) is 8. The van der Waals surface area contributed by atoms with E-state index in [0.29, 0.717) is 39.5 Å². The van der Waals surface area contributed by atoms with Gasteiger partial charge in [0.05, 0.1) is 24.6 Å². The van der Waals surface area contributed by atoms with Crippen molar-refractivity contribution in [1.29, 1.82) is 0 Å². The molecule has 0 spiro atoms. The highest BCUT2D eigenvalue weighted by Crippen LogP contribution is 2.37. The van der Waals surface area contributed by atoms with Crippen molar-refractivity contribution >= 4 is 35.1 Å². The number of aromatic nitrogens is 3. The largest absolute Gasteiger partial charge is 0.494 e. The van der Waals surface area contributed by atoms with Crippen molar-refractivity contribution in [3.63, 3.8) is 0 Å². The lowest BCUT2D eigenvalue weighted by Gasteiger charge is -2.40. The summed E-state index contributed by atoms with van der Waals surface area (Å²) in [6.45, 7) is 6.16. The molecule has 8 nitrogen and oxygen atoms in total. The van der Waals surface area contributed by atoms with E-state index >= 15 is 0 Å². The monoisotopic (exact) mass is 524 g/mol. The Labute approximate surface area is 220 Å². The number of ether oxygens (including phenoxy) is 1. The van der Waals surface area contributed by atoms with Crippen molar-refractivity contribution in [2.75, 3.05) is 51.4 Å². The first-order chi connectivity index (χ1) is 17.4. The fourth-order valence-electron chi connectivity index (χ4n) is 4.73. The van der Waals surface area contributed by atoms with Gasteiger partial charge in [0.2, 0.25) is 0 Å². The van der Waals surface area contributed by atoms with E-state index in [4.69, 9.17) is 21.3 Å². The molecule has 0 bridgehead atoms. The van der Waals surface area contributed by atoms with Crippen LogP contribution < -0.4 is 10.1 Å². The number of carbonyl (C=O) groups is 1. The molecule has 3 aromatic rings. The van der Waals surface area contributed by atoms with E-state index in [1.807, 2.05) is 30.8 Å². The fourth-order valence-corrected chi connectivity index (χ4v) is 6.05. The summed E-state index contributed by atoms with van der Waals surface area (Å²) in [4.78, 5) is 31.6. The van der Waals surface area contributed by atoms with Crippen LogP contribution in [0.2, 0.25) is 5.15 Å². The van der Waals surface area contributed by atoms with Crippen LogP contribution >= 0.6 is 23.4 Å². The van der Waals surface area contributed by atoms with Crippen LogP contribution in [0, 0.1) is 6.92 Å². The summed E-state index contributed by atoms with van der Waals surface area (Å²) in [5.74, 6) is 2.67. The van der Waals surface area contributed by atoms with Gasteiger partial charge in [0, 0.05) is 66.7 Å². The number of amides is 1. The summed E-state index contributed by atoms with van der Waals surface area (Å²) in [7, 11) is 3.73. The van der Waals surface area contributed by atoms with Crippen LogP contribution in [0.15, 0.2) is 36.7 Å². The lowest BCUT2D eigenvalue weighted by atomic mass is 10.00. The molecule has 188 valence electrons. The van der Waals surface area contributed by atoms with Gasteiger partial charge >= 0.3 is 0 Å². The molecule has 2 aliphatic heterocycles. The molecule has 0 radical (unpaired) electrons. The SMILES string of the molecule is COc1cnc(Cl)cc1-c1cc(C)ncc1C(=O)Nc1ccc2c(n1)CSCC2N1CCN(C)CC1. The molecule has 1 saturated heterocycles. The summed E-state index contributed by atoms with van der Waals surface area (Å²) in [5.41, 5.74) is 4.84. The van der Waals surface area contributed by atoms with Gasteiger partial charge in [0.15, 0.2) is 0 Å². The molecule has 2 aliphatic rings. The van der Waals surface area contributed by atoms with E-state index in [-0.39, 0.29) is 5.91 Å². The summed E-state index contributed by atoms with van der Waals surface area (Å²) >= 11 is 8.07. The number of hydrogen-bond donors (Lipinski definition) is 1. The van der Waals surface area contributed by atoms with Crippen molar-refractivity contribution in [3.8, 4) is 16.9 Å². The Morgan fingerprint density at radius 2 is 1.94 bits per heavy atom. The van der Waals surface area contributed by atoms with Gasteiger partial charge in [-0.3, -0.25) is 14.7 Å². The van der Waals surface area contributed by atoms with E-state index in [2.05, 4.69) is 38.2 Å². The smallest absolute Gasteiger partial charge is 0.259 e. The van der Waals surface area contributed by atoms with E-state index in [1.54, 1.807) is 25.6 Å². The number of halogens is 1. The van der Waals surface area contributed by atoms with Gasteiger partial charge < -0.3 is 15.0 Å². The Bertz CT molecular complexity index is 1280. The Kier molecular flexibility index (Phi) is 7.43. The third-order valence-corrected chi connectivity index (χ3v) is 7.97. The maximum atomic E-state index is 13.4. The molecule has 1 atom stereocenters. The van der Waals surface area contributed by atoms with Gasteiger partial charge in [-0.2, -0.15) is 11.8 Å². The summed E-state index contributed by atoms with van der Waals surface area (Å²) < 4.78 is 5.48. The number of anilines is 1. The van der Waals surface area contributed by atoms with Crippen LogP contribution in [0.3, 0.4) is 0 Å². The zero-order valence-corrected chi connectivity index (χ0v) is 22.2. The lowest BCUT2D eigenvalue weighted by Crippen LogP contribution is -2.47. The van der Waals surface area contributed by atoms with Crippen LogP contribution in [0.25, 0.3) is 11.1 Å². The second kappa shape index (κ2) is 10.7. The van der Waals surface area contributed by atoms with Gasteiger partial charge in [0.25, 0.3) is 5.91 Å². The molecular formula is C26H29ClN6O2S. The number of aryl methyl sites for hydroxylation is 1. The quantitative estimate of drug-likeness (QED) is 0.495. The normalized spacial score (nSPS) is 18.5. The van der Waals surface area contributed by atoms with E-state index in [0.717, 1.165) is 49.1 Å². The van der Waals surface area contributed by atoms with Gasteiger partial charge in [-0.1, -0.05) is 17.7 Å². The topological polar surface area (TPSA) is 83.5 Å². The van der Waals surface area contributed by atoms with Crippen molar-refractivity contribution in [2.24, 2.45) is 0 Å². The maximum Gasteiger partial charge on any atom is 0.259 e. The van der Waals surface area contributed by atoms with E-state index < -0.39 is 0 Å². The molecule has 0 aromatic carbocycles. The highest BCUT2D eigenvalue weighted by Gasteiger charge is 2.29. The van der Waals surface area contributed by atoms with Crippen molar-refractivity contribution in [1.82, 2.24) is 24.8 Å². The molecule has 1 N–H and O–H groups in total. The molecule has 1 amide bonds. The standard InChI is InChI=1S/C26H29ClN6O2S/c1-16-10-18(19-11-24(27)29-13-23(19)35-3)20(12-28-16)26(34)31-25-5-4-17-21(30-25)14-36-15-22(17)33-8-6-32(2)7-9-33/h4-5,10-13,22H,6-9,14-15H2,1-3H3,(H,30,31,34). The number of likely N-dealkylation sites (N-methyl/N-ethyl adjacent to an activating group) is 1. The number of rotatable bonds is 5. The predicted octanol–water partition coefficient (Wildman–Crippen LogP) is 4.30. The molecule has 1 fully saturated rings. The minimum absolute atomic E-state index is 0.293. The zero-order chi connectivity index (χ0) is 25.2. The van der Waals surface area contributed by atoms with Crippen molar-refractivity contribution in [2.45, 2.75) is 18.7 Å². The minimum Gasteiger partial charge on any atom is -0.494 e. The first kappa shape index (κ1) is 25.0. The summed E-state index contributed by atoms with van der Waals surface area (Å²) in [6, 6.07) is 7.93. The first-order valence-electron chi connectivity index (χ1n) is 11.9. The van der Waals surface area contributed by atoms with Crippen LogP contribution in [0.4, 0.5) is 5.82 Å². The van der Waals surface area contributed by atoms with Crippen molar-refractivity contribution in [3.05, 3.63) is 64.3 Å². The molecule has 1 unspecified atom stereocenters.